The van der Waals surface area contributed by atoms with Gasteiger partial charge in [0.1, 0.15) is 0 Å². The molecule has 6 heteroatoms. The van der Waals surface area contributed by atoms with Gasteiger partial charge in [-0.2, -0.15) is 0 Å². The van der Waals surface area contributed by atoms with Crippen molar-refractivity contribution in [1.29, 1.82) is 0 Å². The summed E-state index contributed by atoms with van der Waals surface area (Å²) >= 11 is 1.52. The number of fused-ring (bicyclic) bond motifs is 1. The van der Waals surface area contributed by atoms with Crippen LogP contribution in [0.5, 0.6) is 0 Å². The van der Waals surface area contributed by atoms with E-state index in [1.165, 1.54) is 16.2 Å². The molecule has 2 aliphatic rings. The topological polar surface area (TPSA) is 62.3 Å². The summed E-state index contributed by atoms with van der Waals surface area (Å²) in [5.41, 5.74) is 0. The molecule has 1 saturated heterocycles. The van der Waals surface area contributed by atoms with Gasteiger partial charge in [-0.15, -0.1) is 11.3 Å². The number of hydrogen-bond donors (Lipinski definition) is 1. The second-order valence-corrected chi connectivity index (χ2v) is 7.23. The van der Waals surface area contributed by atoms with Gasteiger partial charge in [0.05, 0.1) is 18.4 Å². The van der Waals surface area contributed by atoms with E-state index in [1.54, 1.807) is 6.20 Å². The average molecular weight is 307 g/mol. The number of thiazole rings is 1. The molecule has 1 N–H and O–H groups in total. The van der Waals surface area contributed by atoms with E-state index in [1.807, 2.05) is 0 Å². The van der Waals surface area contributed by atoms with Crippen molar-refractivity contribution in [3.05, 3.63) is 11.1 Å². The summed E-state index contributed by atoms with van der Waals surface area (Å²) in [6.45, 7) is 5.49. The van der Waals surface area contributed by atoms with Crippen LogP contribution in [0.1, 0.15) is 38.0 Å². The molecule has 21 heavy (non-hydrogen) atoms. The Hall–Kier alpha value is -1.43. The van der Waals surface area contributed by atoms with Gasteiger partial charge in [-0.05, 0) is 25.2 Å². The predicted octanol–water partition coefficient (Wildman–Crippen LogP) is 2.50. The van der Waals surface area contributed by atoms with Crippen LogP contribution in [0.25, 0.3) is 0 Å². The van der Waals surface area contributed by atoms with Crippen LogP contribution in [0.4, 0.5) is 5.13 Å². The van der Waals surface area contributed by atoms with Crippen LogP contribution in [0.2, 0.25) is 0 Å². The molecule has 2 heterocycles. The Bertz CT molecular complexity index is 533. The maximum Gasteiger partial charge on any atom is 0.233 e. The molecular formula is C15H21N3O2S. The van der Waals surface area contributed by atoms with Gasteiger partial charge < -0.3 is 5.32 Å². The van der Waals surface area contributed by atoms with Crippen molar-refractivity contribution in [2.75, 3.05) is 11.9 Å². The molecule has 2 fully saturated rings. The molecule has 2 atom stereocenters. The highest BCUT2D eigenvalue weighted by atomic mass is 32.1. The molecule has 1 aromatic rings. The largest absolute Gasteiger partial charge is 0.362 e. The third-order valence-electron chi connectivity index (χ3n) is 4.36. The van der Waals surface area contributed by atoms with Crippen molar-refractivity contribution in [2.45, 2.75) is 39.7 Å². The zero-order chi connectivity index (χ0) is 15.0. The second-order valence-electron chi connectivity index (χ2n) is 6.11. The van der Waals surface area contributed by atoms with Gasteiger partial charge >= 0.3 is 0 Å². The fourth-order valence-corrected chi connectivity index (χ4v) is 4.18. The number of aromatic nitrogens is 1. The minimum atomic E-state index is -0.0712. The first-order chi connectivity index (χ1) is 10.1. The van der Waals surface area contributed by atoms with Crippen molar-refractivity contribution < 1.29 is 9.59 Å². The minimum absolute atomic E-state index is 0.0193. The maximum absolute atomic E-state index is 12.4. The number of carbonyl (C=O) groups is 2. The van der Waals surface area contributed by atoms with Crippen LogP contribution in [0, 0.1) is 17.8 Å². The summed E-state index contributed by atoms with van der Waals surface area (Å²) in [6, 6.07) is 0. The molecule has 2 unspecified atom stereocenters. The fourth-order valence-electron chi connectivity index (χ4n) is 3.35. The lowest BCUT2D eigenvalue weighted by Gasteiger charge is -2.15. The van der Waals surface area contributed by atoms with Crippen LogP contribution >= 0.6 is 11.3 Å². The molecule has 0 radical (unpaired) electrons. The number of nitrogens with one attached hydrogen (secondary N) is 1. The zero-order valence-corrected chi connectivity index (χ0v) is 13.3. The summed E-state index contributed by atoms with van der Waals surface area (Å²) in [5.74, 6) is 0.385. The number of carbonyl (C=O) groups excluding carboxylic acids is 2. The standard InChI is InChI=1S/C15H21N3O2S/c1-3-4-16-15-17-7-10(21-15)8-18-13(19)11-5-9(2)6-12(11)14(18)20/h7,9,11-12H,3-6,8H2,1-2H3,(H,16,17). The number of hydrogen-bond acceptors (Lipinski definition) is 5. The Morgan fingerprint density at radius 2 is 2.00 bits per heavy atom. The highest BCUT2D eigenvalue weighted by molar-refractivity contribution is 7.15. The molecule has 1 aliphatic heterocycles. The lowest BCUT2D eigenvalue weighted by atomic mass is 10.00. The molecule has 1 aromatic heterocycles. The lowest BCUT2D eigenvalue weighted by molar-refractivity contribution is -0.141. The fraction of sp³-hybridized carbons (Fsp3) is 0.667. The SMILES string of the molecule is CCCNc1ncc(CN2C(=O)C3CC(C)CC3C2=O)s1. The van der Waals surface area contributed by atoms with Gasteiger partial charge in [-0.3, -0.25) is 14.5 Å². The van der Waals surface area contributed by atoms with Gasteiger partial charge in [0.25, 0.3) is 0 Å². The summed E-state index contributed by atoms with van der Waals surface area (Å²) < 4.78 is 0. The quantitative estimate of drug-likeness (QED) is 0.849. The van der Waals surface area contributed by atoms with E-state index in [9.17, 15) is 9.59 Å². The second kappa shape index (κ2) is 5.75. The van der Waals surface area contributed by atoms with Crippen molar-refractivity contribution >= 4 is 28.3 Å². The Morgan fingerprint density at radius 1 is 1.33 bits per heavy atom. The number of amides is 2. The number of imide groups is 1. The van der Waals surface area contributed by atoms with Crippen LogP contribution in [0.15, 0.2) is 6.20 Å². The Labute approximate surface area is 128 Å². The number of likely N-dealkylation sites (tertiary alicyclic amines) is 1. The van der Waals surface area contributed by atoms with Crippen molar-refractivity contribution in [1.82, 2.24) is 9.88 Å². The van der Waals surface area contributed by atoms with E-state index in [0.29, 0.717) is 12.5 Å². The van der Waals surface area contributed by atoms with Gasteiger partial charge in [0, 0.05) is 17.6 Å². The van der Waals surface area contributed by atoms with E-state index < -0.39 is 0 Å². The van der Waals surface area contributed by atoms with Crippen molar-refractivity contribution in [3.8, 4) is 0 Å². The van der Waals surface area contributed by atoms with Gasteiger partial charge in [0.15, 0.2) is 5.13 Å². The number of anilines is 1. The molecule has 0 bridgehead atoms. The lowest BCUT2D eigenvalue weighted by Crippen LogP contribution is -2.31. The van der Waals surface area contributed by atoms with E-state index in [2.05, 4.69) is 24.1 Å². The predicted molar refractivity (Wildman–Crippen MR) is 81.8 cm³/mol. The third-order valence-corrected chi connectivity index (χ3v) is 5.30. The first kappa shape index (κ1) is 14.5. The van der Waals surface area contributed by atoms with E-state index in [0.717, 1.165) is 35.8 Å². The number of rotatable bonds is 5. The Morgan fingerprint density at radius 3 is 2.62 bits per heavy atom. The smallest absolute Gasteiger partial charge is 0.233 e. The number of nitrogens with zero attached hydrogens (tertiary/aromatic N) is 2. The van der Waals surface area contributed by atoms with Crippen LogP contribution < -0.4 is 5.32 Å². The molecular weight excluding hydrogens is 286 g/mol. The molecule has 1 saturated carbocycles. The summed E-state index contributed by atoms with van der Waals surface area (Å²) in [6.07, 6.45) is 4.52. The molecule has 1 aliphatic carbocycles. The van der Waals surface area contributed by atoms with E-state index in [4.69, 9.17) is 0 Å². The normalized spacial score (nSPS) is 28.3. The minimum Gasteiger partial charge on any atom is -0.362 e. The van der Waals surface area contributed by atoms with Crippen molar-refractivity contribution in [2.24, 2.45) is 17.8 Å². The van der Waals surface area contributed by atoms with E-state index in [-0.39, 0.29) is 23.7 Å². The Balaban J connectivity index is 1.67. The Kier molecular flexibility index (Phi) is 3.97. The summed E-state index contributed by atoms with van der Waals surface area (Å²) in [5, 5.41) is 4.09. The first-order valence-corrected chi connectivity index (χ1v) is 8.45. The highest BCUT2D eigenvalue weighted by Crippen LogP contribution is 2.43. The highest BCUT2D eigenvalue weighted by Gasteiger charge is 2.51. The van der Waals surface area contributed by atoms with E-state index >= 15 is 0 Å². The van der Waals surface area contributed by atoms with Crippen LogP contribution in [0.3, 0.4) is 0 Å². The van der Waals surface area contributed by atoms with Crippen molar-refractivity contribution in [3.63, 3.8) is 0 Å². The molecule has 0 aromatic carbocycles. The van der Waals surface area contributed by atoms with Crippen LogP contribution in [-0.2, 0) is 16.1 Å². The first-order valence-electron chi connectivity index (χ1n) is 7.64. The molecule has 0 spiro atoms. The zero-order valence-electron chi connectivity index (χ0n) is 12.5. The van der Waals surface area contributed by atoms with Gasteiger partial charge in [-0.25, -0.2) is 4.98 Å². The summed E-state index contributed by atoms with van der Waals surface area (Å²) in [7, 11) is 0. The third kappa shape index (κ3) is 2.69. The average Bonchev–Trinajstić information content (AvgIpc) is 3.11. The molecule has 2 amide bonds. The summed E-state index contributed by atoms with van der Waals surface area (Å²) in [4.78, 5) is 31.5. The molecule has 114 valence electrons. The van der Waals surface area contributed by atoms with Gasteiger partial charge in [0.2, 0.25) is 11.8 Å². The maximum atomic E-state index is 12.4. The van der Waals surface area contributed by atoms with Crippen LogP contribution in [-0.4, -0.2) is 28.2 Å². The van der Waals surface area contributed by atoms with Gasteiger partial charge in [-0.1, -0.05) is 13.8 Å². The molecule has 5 nitrogen and oxygen atoms in total. The molecule has 3 rings (SSSR count). The monoisotopic (exact) mass is 307 g/mol.